The van der Waals surface area contributed by atoms with Crippen LogP contribution in [0.3, 0.4) is 0 Å². The summed E-state index contributed by atoms with van der Waals surface area (Å²) in [5.41, 5.74) is 14.4. The van der Waals surface area contributed by atoms with Gasteiger partial charge in [0.1, 0.15) is 0 Å². The van der Waals surface area contributed by atoms with E-state index in [4.69, 9.17) is 0 Å². The van der Waals surface area contributed by atoms with E-state index in [1.54, 1.807) is 0 Å². The van der Waals surface area contributed by atoms with Gasteiger partial charge in [-0.1, -0.05) is 168 Å². The van der Waals surface area contributed by atoms with E-state index in [1.165, 1.54) is 93.5 Å². The van der Waals surface area contributed by atoms with Gasteiger partial charge in [0.2, 0.25) is 0 Å². The third kappa shape index (κ3) is 4.58. The average molecular weight is 629 g/mol. The summed E-state index contributed by atoms with van der Waals surface area (Å²) in [7, 11) is 0. The summed E-state index contributed by atoms with van der Waals surface area (Å²) in [6.45, 7) is 11.8. The molecule has 0 saturated carbocycles. The highest BCUT2D eigenvalue weighted by atomic mass is 14.4. The minimum Gasteiger partial charge on any atom is -0.0622 e. The summed E-state index contributed by atoms with van der Waals surface area (Å²) in [6, 6.07) is 56.7. The lowest BCUT2D eigenvalue weighted by Gasteiger charge is -2.27. The van der Waals surface area contributed by atoms with Crippen LogP contribution in [0.2, 0.25) is 0 Å². The van der Waals surface area contributed by atoms with Crippen LogP contribution >= 0.6 is 0 Å². The highest BCUT2D eigenvalue weighted by Gasteiger charge is 2.36. The maximum absolute atomic E-state index is 2.47. The molecule has 9 rings (SSSR count). The van der Waals surface area contributed by atoms with Gasteiger partial charge in [-0.2, -0.15) is 0 Å². The molecule has 0 spiro atoms. The van der Waals surface area contributed by atoms with E-state index in [9.17, 15) is 0 Å². The van der Waals surface area contributed by atoms with Gasteiger partial charge < -0.3 is 0 Å². The molecule has 49 heavy (non-hydrogen) atoms. The second-order valence-electron chi connectivity index (χ2n) is 15.3. The van der Waals surface area contributed by atoms with Crippen LogP contribution in [0.15, 0.2) is 152 Å². The molecule has 0 fully saturated rings. The predicted molar refractivity (Wildman–Crippen MR) is 212 cm³/mol. The van der Waals surface area contributed by atoms with Gasteiger partial charge in [0.05, 0.1) is 0 Å². The van der Waals surface area contributed by atoms with Crippen molar-refractivity contribution in [1.82, 2.24) is 0 Å². The predicted octanol–water partition coefficient (Wildman–Crippen LogP) is 13.8. The van der Waals surface area contributed by atoms with Crippen LogP contribution in [0, 0.1) is 0 Å². The maximum Gasteiger partial charge on any atom is 0.0159 e. The van der Waals surface area contributed by atoms with Gasteiger partial charge in [0, 0.05) is 5.41 Å². The van der Waals surface area contributed by atoms with Crippen molar-refractivity contribution < 1.29 is 0 Å². The van der Waals surface area contributed by atoms with Crippen molar-refractivity contribution >= 4 is 32.3 Å². The highest BCUT2D eigenvalue weighted by Crippen LogP contribution is 2.51. The summed E-state index contributed by atoms with van der Waals surface area (Å²) in [4.78, 5) is 0. The molecule has 0 saturated heterocycles. The molecule has 8 aromatic rings. The lowest BCUT2D eigenvalue weighted by Crippen LogP contribution is -2.15. The van der Waals surface area contributed by atoms with Crippen LogP contribution in [-0.4, -0.2) is 0 Å². The van der Waals surface area contributed by atoms with E-state index < -0.39 is 0 Å². The molecule has 0 aliphatic heterocycles. The Morgan fingerprint density at radius 2 is 0.918 bits per heavy atom. The first-order valence-corrected chi connectivity index (χ1v) is 17.5. The summed E-state index contributed by atoms with van der Waals surface area (Å²) in [6.07, 6.45) is 0. The third-order valence-corrected chi connectivity index (χ3v) is 10.9. The van der Waals surface area contributed by atoms with Gasteiger partial charge in [0.25, 0.3) is 0 Å². The number of rotatable bonds is 3. The summed E-state index contributed by atoms with van der Waals surface area (Å²) in [5, 5.41) is 7.86. The minimum atomic E-state index is -0.101. The summed E-state index contributed by atoms with van der Waals surface area (Å²) in [5.74, 6) is 0. The highest BCUT2D eigenvalue weighted by molar-refractivity contribution is 6.19. The zero-order valence-electron chi connectivity index (χ0n) is 28.9. The lowest BCUT2D eigenvalue weighted by atomic mass is 9.77. The molecule has 0 N–H and O–H groups in total. The molecule has 0 nitrogen and oxygen atoms in total. The van der Waals surface area contributed by atoms with Crippen molar-refractivity contribution in [3.63, 3.8) is 0 Å². The second kappa shape index (κ2) is 10.8. The summed E-state index contributed by atoms with van der Waals surface area (Å²) >= 11 is 0. The minimum absolute atomic E-state index is 0.0498. The molecule has 1 aliphatic rings. The molecule has 1 aliphatic carbocycles. The quantitative estimate of drug-likeness (QED) is 0.171. The maximum atomic E-state index is 2.47. The van der Waals surface area contributed by atoms with Crippen LogP contribution < -0.4 is 0 Å². The topological polar surface area (TPSA) is 0 Å². The van der Waals surface area contributed by atoms with Crippen LogP contribution in [0.25, 0.3) is 76.8 Å². The largest absolute Gasteiger partial charge is 0.0622 e. The first kappa shape index (κ1) is 29.7. The molecule has 0 unspecified atom stereocenters. The Hall–Kier alpha value is -5.46. The van der Waals surface area contributed by atoms with Crippen molar-refractivity contribution in [3.8, 4) is 44.5 Å². The Balaban J connectivity index is 1.26. The molecule has 0 atom stereocenters. The van der Waals surface area contributed by atoms with E-state index in [-0.39, 0.29) is 10.8 Å². The van der Waals surface area contributed by atoms with E-state index in [1.807, 2.05) is 0 Å². The fourth-order valence-corrected chi connectivity index (χ4v) is 8.63. The van der Waals surface area contributed by atoms with Gasteiger partial charge in [-0.05, 0) is 117 Å². The van der Waals surface area contributed by atoms with E-state index in [2.05, 4.69) is 186 Å². The Morgan fingerprint density at radius 1 is 0.388 bits per heavy atom. The number of hydrogen-bond acceptors (Lipinski definition) is 0. The van der Waals surface area contributed by atoms with Crippen LogP contribution in [0.4, 0.5) is 0 Å². The monoisotopic (exact) mass is 628 g/mol. The zero-order valence-corrected chi connectivity index (χ0v) is 28.9. The smallest absolute Gasteiger partial charge is 0.0159 e. The number of fused-ring (bicyclic) bond motifs is 6. The van der Waals surface area contributed by atoms with E-state index >= 15 is 0 Å². The lowest BCUT2D eigenvalue weighted by molar-refractivity contribution is 0.601. The van der Waals surface area contributed by atoms with Crippen molar-refractivity contribution in [3.05, 3.63) is 168 Å². The molecule has 8 aromatic carbocycles. The molecule has 0 amide bonds. The van der Waals surface area contributed by atoms with Gasteiger partial charge in [-0.3, -0.25) is 0 Å². The van der Waals surface area contributed by atoms with E-state index in [0.29, 0.717) is 0 Å². The molecular weight excluding hydrogens is 589 g/mol. The molecule has 0 aromatic heterocycles. The third-order valence-electron chi connectivity index (χ3n) is 10.9. The number of benzene rings is 8. The average Bonchev–Trinajstić information content (AvgIpc) is 3.35. The second-order valence-corrected chi connectivity index (χ2v) is 15.3. The van der Waals surface area contributed by atoms with Crippen LogP contribution in [0.5, 0.6) is 0 Å². The Bertz CT molecular complexity index is 2590. The molecule has 0 bridgehead atoms. The van der Waals surface area contributed by atoms with Crippen LogP contribution in [-0.2, 0) is 10.8 Å². The normalized spacial score (nSPS) is 13.6. The fourth-order valence-electron chi connectivity index (χ4n) is 8.63. The van der Waals surface area contributed by atoms with Gasteiger partial charge in [-0.25, -0.2) is 0 Å². The first-order chi connectivity index (χ1) is 23.7. The summed E-state index contributed by atoms with van der Waals surface area (Å²) < 4.78 is 0. The Labute approximate surface area is 289 Å². The number of hydrogen-bond donors (Lipinski definition) is 0. The van der Waals surface area contributed by atoms with E-state index in [0.717, 1.165) is 0 Å². The molecular formula is C49H40. The molecule has 0 radical (unpaired) electrons. The van der Waals surface area contributed by atoms with Crippen molar-refractivity contribution in [2.24, 2.45) is 0 Å². The van der Waals surface area contributed by atoms with Gasteiger partial charge in [0.15, 0.2) is 0 Å². The molecule has 0 heteroatoms. The van der Waals surface area contributed by atoms with Crippen molar-refractivity contribution in [2.45, 2.75) is 45.4 Å². The van der Waals surface area contributed by atoms with Gasteiger partial charge in [-0.15, -0.1) is 0 Å². The zero-order chi connectivity index (χ0) is 33.5. The van der Waals surface area contributed by atoms with Crippen molar-refractivity contribution in [2.75, 3.05) is 0 Å². The SMILES string of the molecule is CC(C)(C)c1c2ccccc2c(-c2cccc3ccccc23)c2ccc(-c3ccc4c(c3)C(C)(C)c3cc(-c5ccccc5)ccc3-4)cc12. The van der Waals surface area contributed by atoms with Gasteiger partial charge >= 0.3 is 0 Å². The standard InChI is InChI=1S/C49H40/c1-48(2,3)47-42-20-12-11-19-40(42)46(39-21-13-17-32-16-9-10-18-36(32)39)41-27-24-33(28-43(41)47)35-23-26-38-37-25-22-34(31-14-7-6-8-15-31)29-44(37)49(4,5)45(38)30-35/h6-30H,1-5H3. The van der Waals surface area contributed by atoms with Crippen LogP contribution in [0.1, 0.15) is 51.3 Å². The first-order valence-electron chi connectivity index (χ1n) is 17.5. The molecule has 236 valence electrons. The Morgan fingerprint density at radius 3 is 1.61 bits per heavy atom. The molecule has 0 heterocycles. The Kier molecular flexibility index (Phi) is 6.52. The fraction of sp³-hybridized carbons (Fsp3) is 0.143. The van der Waals surface area contributed by atoms with Crippen molar-refractivity contribution in [1.29, 1.82) is 0 Å².